The Kier molecular flexibility index (Phi) is 4.26. The van der Waals surface area contributed by atoms with E-state index in [1.54, 1.807) is 0 Å². The topological polar surface area (TPSA) is 3.24 Å². The minimum atomic E-state index is 0.375. The standard InChI is InChI=1S/C21H23N/c1-16(18-9-5-4-6-10-18)22(3)17(2)20-14-13-19-11-7-8-12-21(19)15-20/h4-17H,1-3H3. The number of rotatable bonds is 4. The van der Waals surface area contributed by atoms with E-state index in [1.807, 2.05) is 0 Å². The zero-order valence-electron chi connectivity index (χ0n) is 13.5. The summed E-state index contributed by atoms with van der Waals surface area (Å²) >= 11 is 0. The minimum absolute atomic E-state index is 0.375. The number of nitrogens with zero attached hydrogens (tertiary/aromatic N) is 1. The van der Waals surface area contributed by atoms with Crippen LogP contribution in [0.5, 0.6) is 0 Å². The first-order valence-corrected chi connectivity index (χ1v) is 7.92. The van der Waals surface area contributed by atoms with E-state index in [-0.39, 0.29) is 0 Å². The molecule has 0 aliphatic rings. The molecule has 0 bridgehead atoms. The quantitative estimate of drug-likeness (QED) is 0.605. The van der Waals surface area contributed by atoms with Crippen LogP contribution in [0.15, 0.2) is 72.8 Å². The summed E-state index contributed by atoms with van der Waals surface area (Å²) in [5, 5.41) is 2.62. The lowest BCUT2D eigenvalue weighted by molar-refractivity contribution is 0.199. The third-order valence-corrected chi connectivity index (χ3v) is 4.76. The molecule has 0 N–H and O–H groups in total. The number of benzene rings is 3. The highest BCUT2D eigenvalue weighted by Crippen LogP contribution is 2.30. The van der Waals surface area contributed by atoms with Crippen molar-refractivity contribution >= 4 is 10.8 Å². The van der Waals surface area contributed by atoms with Gasteiger partial charge in [0.05, 0.1) is 0 Å². The third-order valence-electron chi connectivity index (χ3n) is 4.76. The van der Waals surface area contributed by atoms with Crippen molar-refractivity contribution in [3.05, 3.63) is 83.9 Å². The molecule has 3 aromatic carbocycles. The molecule has 22 heavy (non-hydrogen) atoms. The van der Waals surface area contributed by atoms with Gasteiger partial charge in [0.1, 0.15) is 0 Å². The van der Waals surface area contributed by atoms with Crippen LogP contribution in [0.25, 0.3) is 10.8 Å². The third kappa shape index (κ3) is 2.90. The lowest BCUT2D eigenvalue weighted by Gasteiger charge is -2.31. The van der Waals surface area contributed by atoms with Gasteiger partial charge >= 0.3 is 0 Å². The van der Waals surface area contributed by atoms with Gasteiger partial charge in [0.25, 0.3) is 0 Å². The van der Waals surface area contributed by atoms with Crippen LogP contribution in [-0.4, -0.2) is 11.9 Å². The molecule has 0 saturated carbocycles. The highest BCUT2D eigenvalue weighted by molar-refractivity contribution is 5.83. The summed E-state index contributed by atoms with van der Waals surface area (Å²) in [5.41, 5.74) is 2.72. The molecule has 3 aromatic rings. The summed E-state index contributed by atoms with van der Waals surface area (Å²) in [6.07, 6.45) is 0. The van der Waals surface area contributed by atoms with E-state index < -0.39 is 0 Å². The molecule has 0 heterocycles. The van der Waals surface area contributed by atoms with Crippen LogP contribution in [0.2, 0.25) is 0 Å². The van der Waals surface area contributed by atoms with Crippen molar-refractivity contribution in [1.29, 1.82) is 0 Å². The van der Waals surface area contributed by atoms with Crippen molar-refractivity contribution in [2.75, 3.05) is 7.05 Å². The van der Waals surface area contributed by atoms with Gasteiger partial charge < -0.3 is 0 Å². The first-order valence-electron chi connectivity index (χ1n) is 7.92. The van der Waals surface area contributed by atoms with Crippen LogP contribution < -0.4 is 0 Å². The van der Waals surface area contributed by atoms with Gasteiger partial charge in [-0.2, -0.15) is 0 Å². The Morgan fingerprint density at radius 1 is 0.636 bits per heavy atom. The molecule has 0 aliphatic carbocycles. The molecule has 112 valence electrons. The van der Waals surface area contributed by atoms with E-state index >= 15 is 0 Å². The summed E-state index contributed by atoms with van der Waals surface area (Å²) < 4.78 is 0. The van der Waals surface area contributed by atoms with Crippen molar-refractivity contribution in [3.63, 3.8) is 0 Å². The number of fused-ring (bicyclic) bond motifs is 1. The Balaban J connectivity index is 1.86. The fourth-order valence-electron chi connectivity index (χ4n) is 3.00. The fourth-order valence-corrected chi connectivity index (χ4v) is 3.00. The van der Waals surface area contributed by atoms with Gasteiger partial charge in [0.15, 0.2) is 0 Å². The maximum atomic E-state index is 2.43. The second-order valence-corrected chi connectivity index (χ2v) is 6.03. The largest absolute Gasteiger partial charge is 0.293 e. The SMILES string of the molecule is CC(c1ccccc1)N(C)C(C)c1ccc2ccccc2c1. The first kappa shape index (κ1) is 14.8. The van der Waals surface area contributed by atoms with Gasteiger partial charge in [-0.3, -0.25) is 4.90 Å². The lowest BCUT2D eigenvalue weighted by Crippen LogP contribution is -2.25. The van der Waals surface area contributed by atoms with Crippen LogP contribution in [0.4, 0.5) is 0 Å². The molecule has 0 saturated heterocycles. The summed E-state index contributed by atoms with van der Waals surface area (Å²) in [4.78, 5) is 2.43. The summed E-state index contributed by atoms with van der Waals surface area (Å²) in [6.45, 7) is 4.55. The molecular weight excluding hydrogens is 266 g/mol. The van der Waals surface area contributed by atoms with E-state index in [0.717, 1.165) is 0 Å². The lowest BCUT2D eigenvalue weighted by atomic mass is 9.99. The van der Waals surface area contributed by atoms with Crippen LogP contribution in [0.1, 0.15) is 37.1 Å². The van der Waals surface area contributed by atoms with Crippen LogP contribution >= 0.6 is 0 Å². The minimum Gasteiger partial charge on any atom is -0.293 e. The summed E-state index contributed by atoms with van der Waals surface area (Å²) in [7, 11) is 2.21. The monoisotopic (exact) mass is 289 g/mol. The zero-order valence-corrected chi connectivity index (χ0v) is 13.5. The Bertz CT molecular complexity index is 748. The van der Waals surface area contributed by atoms with Crippen molar-refractivity contribution in [2.24, 2.45) is 0 Å². The molecule has 0 fully saturated rings. The second-order valence-electron chi connectivity index (χ2n) is 6.03. The van der Waals surface area contributed by atoms with E-state index in [4.69, 9.17) is 0 Å². The molecular formula is C21H23N. The second kappa shape index (κ2) is 6.33. The van der Waals surface area contributed by atoms with Gasteiger partial charge in [0.2, 0.25) is 0 Å². The van der Waals surface area contributed by atoms with Crippen LogP contribution in [0, 0.1) is 0 Å². The molecule has 2 unspecified atom stereocenters. The Morgan fingerprint density at radius 3 is 1.95 bits per heavy atom. The van der Waals surface area contributed by atoms with E-state index in [9.17, 15) is 0 Å². The Morgan fingerprint density at radius 2 is 1.23 bits per heavy atom. The smallest absolute Gasteiger partial charge is 0.0323 e. The molecule has 3 rings (SSSR count). The molecule has 1 heteroatoms. The van der Waals surface area contributed by atoms with Crippen molar-refractivity contribution in [3.8, 4) is 0 Å². The van der Waals surface area contributed by atoms with Gasteiger partial charge in [0, 0.05) is 12.1 Å². The summed E-state index contributed by atoms with van der Waals surface area (Å²) in [6, 6.07) is 26.8. The zero-order chi connectivity index (χ0) is 15.5. The van der Waals surface area contributed by atoms with Crippen molar-refractivity contribution in [1.82, 2.24) is 4.90 Å². The average Bonchev–Trinajstić information content (AvgIpc) is 2.60. The molecule has 0 aliphatic heterocycles. The van der Waals surface area contributed by atoms with Crippen LogP contribution in [0.3, 0.4) is 0 Å². The first-order chi connectivity index (χ1) is 10.7. The van der Waals surface area contributed by atoms with E-state index in [0.29, 0.717) is 12.1 Å². The maximum Gasteiger partial charge on any atom is 0.0323 e. The molecule has 0 aromatic heterocycles. The molecule has 0 amide bonds. The highest BCUT2D eigenvalue weighted by Gasteiger charge is 2.18. The van der Waals surface area contributed by atoms with Gasteiger partial charge in [-0.05, 0) is 48.9 Å². The molecule has 0 spiro atoms. The predicted octanol–water partition coefficient (Wildman–Crippen LogP) is 5.59. The van der Waals surface area contributed by atoms with E-state index in [2.05, 4.69) is 98.6 Å². The van der Waals surface area contributed by atoms with Crippen LogP contribution in [-0.2, 0) is 0 Å². The highest BCUT2D eigenvalue weighted by atomic mass is 15.1. The molecule has 2 atom stereocenters. The summed E-state index contributed by atoms with van der Waals surface area (Å²) in [5.74, 6) is 0. The number of hydrogen-bond acceptors (Lipinski definition) is 1. The predicted molar refractivity (Wildman–Crippen MR) is 95.0 cm³/mol. The number of hydrogen-bond donors (Lipinski definition) is 0. The molecule has 1 nitrogen and oxygen atoms in total. The Hall–Kier alpha value is -2.12. The fraction of sp³-hybridized carbons (Fsp3) is 0.238. The molecule has 0 radical (unpaired) electrons. The van der Waals surface area contributed by atoms with E-state index in [1.165, 1.54) is 21.9 Å². The Labute approximate surface area is 133 Å². The van der Waals surface area contributed by atoms with Crippen molar-refractivity contribution < 1.29 is 0 Å². The van der Waals surface area contributed by atoms with Gasteiger partial charge in [-0.15, -0.1) is 0 Å². The average molecular weight is 289 g/mol. The van der Waals surface area contributed by atoms with Gasteiger partial charge in [-0.1, -0.05) is 66.7 Å². The maximum absolute atomic E-state index is 2.43. The normalized spacial score (nSPS) is 14.2. The van der Waals surface area contributed by atoms with Gasteiger partial charge in [-0.25, -0.2) is 0 Å². The van der Waals surface area contributed by atoms with Crippen molar-refractivity contribution in [2.45, 2.75) is 25.9 Å².